The third-order valence-electron chi connectivity index (χ3n) is 3.17. The van der Waals surface area contributed by atoms with E-state index in [1.807, 2.05) is 0 Å². The van der Waals surface area contributed by atoms with E-state index in [-0.39, 0.29) is 44.3 Å². The van der Waals surface area contributed by atoms with Crippen LogP contribution in [0.25, 0.3) is 11.0 Å². The number of halogens is 2. The first-order valence-corrected chi connectivity index (χ1v) is 9.45. The monoisotopic (exact) mass is 407 g/mol. The van der Waals surface area contributed by atoms with Crippen molar-refractivity contribution in [1.29, 1.82) is 0 Å². The van der Waals surface area contributed by atoms with E-state index in [1.54, 1.807) is 0 Å². The van der Waals surface area contributed by atoms with Gasteiger partial charge >= 0.3 is 0 Å². The van der Waals surface area contributed by atoms with E-state index in [2.05, 4.69) is 9.97 Å². The maximum Gasteiger partial charge on any atom is 0.278 e. The minimum Gasteiger partial charge on any atom is -0.477 e. The van der Waals surface area contributed by atoms with Crippen molar-refractivity contribution in [2.45, 2.75) is 6.92 Å². The minimum atomic E-state index is -3.85. The van der Waals surface area contributed by atoms with Crippen LogP contribution in [-0.2, 0) is 14.8 Å². The number of anilines is 1. The lowest BCUT2D eigenvalue weighted by molar-refractivity contribution is -0.115. The highest BCUT2D eigenvalue weighted by Gasteiger charge is 2.27. The standard InChI is InChI=1S/C14H15Cl2N3O5S/c1-7(20)6-19(25(4,21)22)12-10(16)8(15)5-9-11(12)18-14(24-3)13(17-9)23-2/h5H,6H2,1-4H3. The van der Waals surface area contributed by atoms with Gasteiger partial charge in [-0.15, -0.1) is 0 Å². The second kappa shape index (κ2) is 7.19. The van der Waals surface area contributed by atoms with Crippen LogP contribution in [0, 0.1) is 0 Å². The molecule has 8 nitrogen and oxygen atoms in total. The topological polar surface area (TPSA) is 98.7 Å². The van der Waals surface area contributed by atoms with E-state index in [0.717, 1.165) is 10.6 Å². The first-order valence-electron chi connectivity index (χ1n) is 6.85. The van der Waals surface area contributed by atoms with Crippen molar-refractivity contribution in [1.82, 2.24) is 9.97 Å². The Hall–Kier alpha value is -1.84. The summed E-state index contributed by atoms with van der Waals surface area (Å²) in [6, 6.07) is 1.42. The zero-order chi connectivity index (χ0) is 18.9. The number of ketones is 1. The molecule has 136 valence electrons. The van der Waals surface area contributed by atoms with Crippen LogP contribution in [0.1, 0.15) is 6.92 Å². The van der Waals surface area contributed by atoms with Gasteiger partial charge in [0.1, 0.15) is 17.0 Å². The number of hydrogen-bond donors (Lipinski definition) is 0. The Morgan fingerprint density at radius 1 is 1.20 bits per heavy atom. The summed E-state index contributed by atoms with van der Waals surface area (Å²) >= 11 is 12.4. The number of aromatic nitrogens is 2. The Morgan fingerprint density at radius 3 is 2.24 bits per heavy atom. The number of sulfonamides is 1. The summed E-state index contributed by atoms with van der Waals surface area (Å²) in [5.41, 5.74) is 0.299. The number of ether oxygens (including phenoxy) is 2. The molecule has 0 unspecified atom stereocenters. The summed E-state index contributed by atoms with van der Waals surface area (Å²) in [6.07, 6.45) is 0.952. The largest absolute Gasteiger partial charge is 0.477 e. The first-order chi connectivity index (χ1) is 11.6. The summed E-state index contributed by atoms with van der Waals surface area (Å²) in [4.78, 5) is 20.0. The van der Waals surface area contributed by atoms with Crippen LogP contribution in [0.3, 0.4) is 0 Å². The lowest BCUT2D eigenvalue weighted by Crippen LogP contribution is -2.34. The van der Waals surface area contributed by atoms with Gasteiger partial charge in [-0.25, -0.2) is 18.4 Å². The Bertz CT molecular complexity index is 949. The van der Waals surface area contributed by atoms with E-state index in [1.165, 1.54) is 27.2 Å². The number of carbonyl (C=O) groups excluding carboxylic acids is 1. The minimum absolute atomic E-state index is 0.0333. The van der Waals surface area contributed by atoms with Crippen LogP contribution in [0.5, 0.6) is 11.8 Å². The van der Waals surface area contributed by atoms with Crippen molar-refractivity contribution in [2.24, 2.45) is 0 Å². The number of rotatable bonds is 6. The van der Waals surface area contributed by atoms with Gasteiger partial charge in [0, 0.05) is 0 Å². The van der Waals surface area contributed by atoms with Crippen molar-refractivity contribution in [3.05, 3.63) is 16.1 Å². The number of hydrogen-bond acceptors (Lipinski definition) is 7. The Balaban J connectivity index is 2.93. The summed E-state index contributed by atoms with van der Waals surface area (Å²) < 4.78 is 35.5. The van der Waals surface area contributed by atoms with Gasteiger partial charge in [0.2, 0.25) is 10.0 Å². The molecule has 11 heteroatoms. The number of nitrogens with zero attached hydrogens (tertiary/aromatic N) is 3. The maximum absolute atomic E-state index is 12.2. The predicted octanol–water partition coefficient (Wildman–Crippen LogP) is 2.31. The lowest BCUT2D eigenvalue weighted by atomic mass is 10.2. The first kappa shape index (κ1) is 19.5. The highest BCUT2D eigenvalue weighted by atomic mass is 35.5. The normalized spacial score (nSPS) is 11.4. The van der Waals surface area contributed by atoms with E-state index >= 15 is 0 Å². The van der Waals surface area contributed by atoms with E-state index in [9.17, 15) is 13.2 Å². The Morgan fingerprint density at radius 2 is 1.76 bits per heavy atom. The highest BCUT2D eigenvalue weighted by molar-refractivity contribution is 7.92. The van der Waals surface area contributed by atoms with Crippen LogP contribution in [0.2, 0.25) is 10.0 Å². The molecular formula is C14H15Cl2N3O5S. The van der Waals surface area contributed by atoms with Gasteiger partial charge in [0.05, 0.1) is 42.6 Å². The molecule has 0 saturated carbocycles. The third kappa shape index (κ3) is 3.88. The summed E-state index contributed by atoms with van der Waals surface area (Å²) in [7, 11) is -1.10. The number of fused-ring (bicyclic) bond motifs is 1. The molecule has 0 aliphatic heterocycles. The van der Waals surface area contributed by atoms with Crippen molar-refractivity contribution >= 4 is 55.7 Å². The van der Waals surface area contributed by atoms with E-state index in [0.29, 0.717) is 0 Å². The summed E-state index contributed by atoms with van der Waals surface area (Å²) in [6.45, 7) is 0.831. The second-order valence-corrected chi connectivity index (χ2v) is 7.79. The van der Waals surface area contributed by atoms with Gasteiger partial charge in [-0.1, -0.05) is 23.2 Å². The fourth-order valence-electron chi connectivity index (χ4n) is 2.15. The molecule has 1 heterocycles. The number of carbonyl (C=O) groups is 1. The van der Waals surface area contributed by atoms with E-state index < -0.39 is 16.6 Å². The van der Waals surface area contributed by atoms with E-state index in [4.69, 9.17) is 32.7 Å². The van der Waals surface area contributed by atoms with Gasteiger partial charge in [-0.2, -0.15) is 0 Å². The fraction of sp³-hybridized carbons (Fsp3) is 0.357. The molecule has 2 rings (SSSR count). The third-order valence-corrected chi connectivity index (χ3v) is 5.06. The van der Waals surface area contributed by atoms with Crippen LogP contribution in [0.4, 0.5) is 5.69 Å². The van der Waals surface area contributed by atoms with Gasteiger partial charge in [0.25, 0.3) is 11.8 Å². The summed E-state index contributed by atoms with van der Waals surface area (Å²) in [5.74, 6) is -0.259. The molecule has 1 aromatic carbocycles. The fourth-order valence-corrected chi connectivity index (χ4v) is 3.56. The molecule has 0 radical (unpaired) electrons. The molecule has 1 aromatic heterocycles. The van der Waals surface area contributed by atoms with Gasteiger partial charge < -0.3 is 9.47 Å². The summed E-state index contributed by atoms with van der Waals surface area (Å²) in [5, 5.41) is -0.00903. The number of methoxy groups -OCH3 is 2. The van der Waals surface area contributed by atoms with Crippen LogP contribution in [0.15, 0.2) is 6.07 Å². The molecule has 0 spiro atoms. The highest BCUT2D eigenvalue weighted by Crippen LogP contribution is 2.41. The quantitative estimate of drug-likeness (QED) is 0.723. The molecule has 0 aliphatic carbocycles. The molecule has 0 saturated heterocycles. The van der Waals surface area contributed by atoms with Crippen molar-refractivity contribution in [3.8, 4) is 11.8 Å². The molecule has 0 fully saturated rings. The maximum atomic E-state index is 12.2. The zero-order valence-electron chi connectivity index (χ0n) is 13.8. The molecule has 2 aromatic rings. The van der Waals surface area contributed by atoms with Crippen LogP contribution >= 0.6 is 23.2 Å². The number of Topliss-reactive ketones (excluding diaryl/α,β-unsaturated/α-hetero) is 1. The Labute approximate surface area is 154 Å². The Kier molecular flexibility index (Phi) is 5.60. The molecule has 25 heavy (non-hydrogen) atoms. The van der Waals surface area contributed by atoms with Crippen LogP contribution in [-0.4, -0.2) is 51.2 Å². The second-order valence-electron chi connectivity index (χ2n) is 5.10. The lowest BCUT2D eigenvalue weighted by Gasteiger charge is -2.24. The van der Waals surface area contributed by atoms with Gasteiger partial charge in [0.15, 0.2) is 0 Å². The predicted molar refractivity (Wildman–Crippen MR) is 95.5 cm³/mol. The average Bonchev–Trinajstić information content (AvgIpc) is 2.52. The zero-order valence-corrected chi connectivity index (χ0v) is 16.2. The molecule has 0 amide bonds. The van der Waals surface area contributed by atoms with Gasteiger partial charge in [-0.3, -0.25) is 9.10 Å². The smallest absolute Gasteiger partial charge is 0.278 e. The van der Waals surface area contributed by atoms with Crippen molar-refractivity contribution in [3.63, 3.8) is 0 Å². The van der Waals surface area contributed by atoms with Crippen molar-refractivity contribution in [2.75, 3.05) is 31.3 Å². The molecule has 0 bridgehead atoms. The molecular weight excluding hydrogens is 393 g/mol. The van der Waals surface area contributed by atoms with Gasteiger partial charge in [-0.05, 0) is 13.0 Å². The van der Waals surface area contributed by atoms with Crippen LogP contribution < -0.4 is 13.8 Å². The molecule has 0 aliphatic rings. The molecule has 0 N–H and O–H groups in total. The average molecular weight is 408 g/mol. The molecule has 0 atom stereocenters. The SMILES string of the molecule is COc1nc2cc(Cl)c(Cl)c(N(CC(C)=O)S(C)(=O)=O)c2nc1OC. The van der Waals surface area contributed by atoms with Crippen molar-refractivity contribution < 1.29 is 22.7 Å². The number of benzene rings is 1.